The first-order valence-corrected chi connectivity index (χ1v) is 8.25. The molecule has 2 aromatic rings. The van der Waals surface area contributed by atoms with E-state index in [1.54, 1.807) is 12.1 Å². The Labute approximate surface area is 141 Å². The van der Waals surface area contributed by atoms with Crippen molar-refractivity contribution in [3.05, 3.63) is 71.5 Å². The summed E-state index contributed by atoms with van der Waals surface area (Å²) in [6.45, 7) is 0. The number of aliphatic hydroxyl groups is 1. The van der Waals surface area contributed by atoms with Gasteiger partial charge in [0.1, 0.15) is 11.6 Å². The van der Waals surface area contributed by atoms with E-state index in [-0.39, 0.29) is 36.7 Å². The monoisotopic (exact) mass is 328 g/mol. The Balaban J connectivity index is 1.59. The van der Waals surface area contributed by atoms with Gasteiger partial charge in [-0.3, -0.25) is 4.79 Å². The highest BCUT2D eigenvalue weighted by molar-refractivity contribution is 5.81. The number of Topliss-reactive ketones (excluding diaryl/α,β-unsaturated/α-hetero) is 1. The predicted octanol–water partition coefficient (Wildman–Crippen LogP) is 3.61. The van der Waals surface area contributed by atoms with Crippen LogP contribution in [-0.4, -0.2) is 23.1 Å². The lowest BCUT2D eigenvalue weighted by Crippen LogP contribution is -2.33. The van der Waals surface area contributed by atoms with Crippen LogP contribution in [0.25, 0.3) is 0 Å². The van der Waals surface area contributed by atoms with Crippen molar-refractivity contribution in [2.45, 2.75) is 44.0 Å². The molecule has 3 rings (SSSR count). The molecule has 0 spiro atoms. The van der Waals surface area contributed by atoms with Crippen molar-refractivity contribution in [3.63, 3.8) is 0 Å². The van der Waals surface area contributed by atoms with E-state index in [9.17, 15) is 14.3 Å². The number of benzene rings is 2. The first kappa shape index (κ1) is 16.8. The van der Waals surface area contributed by atoms with Crippen molar-refractivity contribution < 1.29 is 19.0 Å². The Morgan fingerprint density at radius 3 is 2.50 bits per heavy atom. The number of hydrogen-bond acceptors (Lipinski definition) is 3. The summed E-state index contributed by atoms with van der Waals surface area (Å²) in [5, 5.41) is 10.1. The molecule has 3 nitrogen and oxygen atoms in total. The van der Waals surface area contributed by atoms with Crippen LogP contribution in [0.3, 0.4) is 0 Å². The minimum atomic E-state index is -0.465. The average Bonchev–Trinajstić information content (AvgIpc) is 2.57. The lowest BCUT2D eigenvalue weighted by atomic mass is 9.93. The third-order valence-corrected chi connectivity index (χ3v) is 4.32. The van der Waals surface area contributed by atoms with Gasteiger partial charge in [-0.15, -0.1) is 0 Å². The van der Waals surface area contributed by atoms with E-state index in [4.69, 9.17) is 4.74 Å². The van der Waals surface area contributed by atoms with Gasteiger partial charge >= 0.3 is 0 Å². The summed E-state index contributed by atoms with van der Waals surface area (Å²) in [7, 11) is 0. The van der Waals surface area contributed by atoms with Crippen LogP contribution in [0.4, 0.5) is 4.39 Å². The average molecular weight is 328 g/mol. The van der Waals surface area contributed by atoms with Crippen LogP contribution in [0, 0.1) is 5.82 Å². The van der Waals surface area contributed by atoms with Gasteiger partial charge in [0.15, 0.2) is 0 Å². The largest absolute Gasteiger partial charge is 0.393 e. The number of hydrogen-bond donors (Lipinski definition) is 1. The molecule has 0 amide bonds. The number of rotatable bonds is 5. The third kappa shape index (κ3) is 4.49. The molecule has 4 heteroatoms. The highest BCUT2D eigenvalue weighted by atomic mass is 19.1. The Bertz CT molecular complexity index is 669. The Morgan fingerprint density at radius 2 is 1.79 bits per heavy atom. The second-order valence-electron chi connectivity index (χ2n) is 6.33. The summed E-state index contributed by atoms with van der Waals surface area (Å²) in [6, 6.07) is 15.7. The van der Waals surface area contributed by atoms with Gasteiger partial charge in [0.2, 0.25) is 0 Å². The van der Waals surface area contributed by atoms with Gasteiger partial charge in [0.05, 0.1) is 18.3 Å². The van der Waals surface area contributed by atoms with Gasteiger partial charge < -0.3 is 9.84 Å². The van der Waals surface area contributed by atoms with Crippen molar-refractivity contribution in [1.82, 2.24) is 0 Å². The molecule has 0 aromatic heterocycles. The zero-order chi connectivity index (χ0) is 16.9. The van der Waals surface area contributed by atoms with Crippen LogP contribution in [0.5, 0.6) is 0 Å². The van der Waals surface area contributed by atoms with Gasteiger partial charge in [-0.05, 0) is 23.3 Å². The maximum Gasteiger partial charge on any atom is 0.139 e. The number of ether oxygens (including phenoxy) is 1. The van der Waals surface area contributed by atoms with Crippen LogP contribution in [0.2, 0.25) is 0 Å². The highest BCUT2D eigenvalue weighted by Gasteiger charge is 2.30. The topological polar surface area (TPSA) is 46.5 Å². The van der Waals surface area contributed by atoms with Crippen LogP contribution in [0.15, 0.2) is 54.6 Å². The molecule has 1 heterocycles. The van der Waals surface area contributed by atoms with E-state index < -0.39 is 6.10 Å². The van der Waals surface area contributed by atoms with Crippen LogP contribution in [0.1, 0.15) is 36.5 Å². The second-order valence-corrected chi connectivity index (χ2v) is 6.33. The predicted molar refractivity (Wildman–Crippen MR) is 89.0 cm³/mol. The molecule has 24 heavy (non-hydrogen) atoms. The molecular formula is C20H21FO3. The second kappa shape index (κ2) is 7.69. The number of ketones is 1. The molecule has 1 saturated heterocycles. The minimum absolute atomic E-state index is 0.0347. The summed E-state index contributed by atoms with van der Waals surface area (Å²) in [6.07, 6.45) is 0.605. The molecule has 126 valence electrons. The minimum Gasteiger partial charge on any atom is -0.393 e. The van der Waals surface area contributed by atoms with E-state index in [1.807, 2.05) is 30.3 Å². The molecule has 0 bridgehead atoms. The first-order chi connectivity index (χ1) is 11.6. The number of halogens is 1. The first-order valence-electron chi connectivity index (χ1n) is 8.25. The highest BCUT2D eigenvalue weighted by Crippen LogP contribution is 2.32. The summed E-state index contributed by atoms with van der Waals surface area (Å²) >= 11 is 0. The van der Waals surface area contributed by atoms with Crippen molar-refractivity contribution in [1.29, 1.82) is 0 Å². The molecule has 1 aliphatic heterocycles. The third-order valence-electron chi connectivity index (χ3n) is 4.32. The number of carbonyl (C=O) groups excluding carboxylic acids is 1. The fraction of sp³-hybridized carbons (Fsp3) is 0.350. The van der Waals surface area contributed by atoms with Gasteiger partial charge in [-0.25, -0.2) is 4.39 Å². The van der Waals surface area contributed by atoms with Gasteiger partial charge in [0, 0.05) is 25.7 Å². The quantitative estimate of drug-likeness (QED) is 0.912. The maximum atomic E-state index is 12.9. The van der Waals surface area contributed by atoms with Crippen LogP contribution in [-0.2, 0) is 16.0 Å². The van der Waals surface area contributed by atoms with Crippen molar-refractivity contribution in [2.24, 2.45) is 0 Å². The molecule has 0 unspecified atom stereocenters. The normalized spacial score (nSPS) is 23.8. The molecule has 1 fully saturated rings. The molecule has 0 saturated carbocycles. The smallest absolute Gasteiger partial charge is 0.139 e. The van der Waals surface area contributed by atoms with Crippen molar-refractivity contribution >= 4 is 5.78 Å². The van der Waals surface area contributed by atoms with Crippen LogP contribution < -0.4 is 0 Å². The lowest BCUT2D eigenvalue weighted by molar-refractivity contribution is -0.130. The summed E-state index contributed by atoms with van der Waals surface area (Å²) in [4.78, 5) is 12.3. The summed E-state index contributed by atoms with van der Waals surface area (Å²) < 4.78 is 18.9. The standard InChI is InChI=1S/C20H21FO3/c21-16-8-6-14(7-9-16)10-17(22)11-19-12-18(23)13-20(24-19)15-4-2-1-3-5-15/h1-9,18-20,23H,10-13H2/t18-,19+,20+/m0/s1. The van der Waals surface area contributed by atoms with E-state index in [1.165, 1.54) is 12.1 Å². The zero-order valence-electron chi connectivity index (χ0n) is 13.4. The van der Waals surface area contributed by atoms with Gasteiger partial charge in [0.25, 0.3) is 0 Å². The van der Waals surface area contributed by atoms with E-state index >= 15 is 0 Å². The molecular weight excluding hydrogens is 307 g/mol. The van der Waals surface area contributed by atoms with Crippen LogP contribution >= 0.6 is 0 Å². The SMILES string of the molecule is O=C(Cc1ccc(F)cc1)C[C@@H]1C[C@H](O)C[C@H](c2ccccc2)O1. The molecule has 0 radical (unpaired) electrons. The van der Waals surface area contributed by atoms with Crippen molar-refractivity contribution in [3.8, 4) is 0 Å². The van der Waals surface area contributed by atoms with E-state index in [2.05, 4.69) is 0 Å². The fourth-order valence-electron chi connectivity index (χ4n) is 3.16. The lowest BCUT2D eigenvalue weighted by Gasteiger charge is -2.33. The Morgan fingerprint density at radius 1 is 1.08 bits per heavy atom. The summed E-state index contributed by atoms with van der Waals surface area (Å²) in [5.41, 5.74) is 1.81. The van der Waals surface area contributed by atoms with Gasteiger partial charge in [-0.1, -0.05) is 42.5 Å². The molecule has 1 aliphatic rings. The molecule has 2 aromatic carbocycles. The molecule has 0 aliphatic carbocycles. The van der Waals surface area contributed by atoms with E-state index in [0.717, 1.165) is 11.1 Å². The molecule has 1 N–H and O–H groups in total. The van der Waals surface area contributed by atoms with Gasteiger partial charge in [-0.2, -0.15) is 0 Å². The van der Waals surface area contributed by atoms with Crippen molar-refractivity contribution in [2.75, 3.05) is 0 Å². The maximum absolute atomic E-state index is 12.9. The zero-order valence-corrected chi connectivity index (χ0v) is 13.4. The number of aliphatic hydroxyl groups excluding tert-OH is 1. The Hall–Kier alpha value is -2.04. The number of carbonyl (C=O) groups is 1. The summed E-state index contributed by atoms with van der Waals surface area (Å²) in [5.74, 6) is -0.275. The fourth-order valence-corrected chi connectivity index (χ4v) is 3.16. The molecule has 3 atom stereocenters. The van der Waals surface area contributed by atoms with E-state index in [0.29, 0.717) is 12.8 Å². The Kier molecular flexibility index (Phi) is 5.38.